The lowest BCUT2D eigenvalue weighted by Crippen LogP contribution is -2.60. The van der Waals surface area contributed by atoms with E-state index in [9.17, 15) is 10.2 Å². The molecular weight excluding hydrogens is 356 g/mol. The van der Waals surface area contributed by atoms with Crippen molar-refractivity contribution in [2.75, 3.05) is 0 Å². The van der Waals surface area contributed by atoms with Crippen LogP contribution in [0.1, 0.15) is 105 Å². The van der Waals surface area contributed by atoms with E-state index >= 15 is 0 Å². The molecule has 29 heavy (non-hydrogen) atoms. The van der Waals surface area contributed by atoms with Gasteiger partial charge in [-0.25, -0.2) is 0 Å². The number of rotatable bonds is 5. The van der Waals surface area contributed by atoms with Crippen LogP contribution in [-0.4, -0.2) is 16.0 Å². The maximum Gasteiger partial charge on any atom is 0.172 e. The highest BCUT2D eigenvalue weighted by molar-refractivity contribution is 5.28. The standard InChI is InChI=1S/C27H46O2/c1-18(2)8-6-9-19(3)22-13-14-23-21-12-11-20-10-7-16-27(28,29)26(20,5)24(21)15-17-25(22,23)4/h11,18-19,21-24,28-29H,6-10,12-17H2,1-5H3/t19-,21+,22-,23+,24+,25-,26+/m1/s1. The van der Waals surface area contributed by atoms with Crippen molar-refractivity contribution in [2.45, 2.75) is 111 Å². The first-order chi connectivity index (χ1) is 13.6. The topological polar surface area (TPSA) is 40.5 Å². The second-order valence-electron chi connectivity index (χ2n) is 12.2. The SMILES string of the molecule is CC(C)CCC[C@@H](C)[C@H]1CC[C@H]2[C@@H]3CC=C4CCCC(O)(O)[C@]4(C)[C@H]3CC[C@]12C. The van der Waals surface area contributed by atoms with Gasteiger partial charge in [-0.1, -0.05) is 65.5 Å². The molecule has 2 heteroatoms. The summed E-state index contributed by atoms with van der Waals surface area (Å²) in [7, 11) is 0. The molecule has 4 aliphatic rings. The van der Waals surface area contributed by atoms with E-state index in [1.165, 1.54) is 56.9 Å². The van der Waals surface area contributed by atoms with Gasteiger partial charge in [0.05, 0.1) is 0 Å². The summed E-state index contributed by atoms with van der Waals surface area (Å²) in [5.41, 5.74) is 1.40. The molecule has 0 unspecified atom stereocenters. The largest absolute Gasteiger partial charge is 0.365 e. The molecule has 0 amide bonds. The zero-order valence-corrected chi connectivity index (χ0v) is 19.7. The molecule has 4 rings (SSSR count). The molecule has 4 aliphatic carbocycles. The van der Waals surface area contributed by atoms with Crippen LogP contribution < -0.4 is 0 Å². The smallest absolute Gasteiger partial charge is 0.172 e. The first kappa shape index (κ1) is 21.9. The van der Waals surface area contributed by atoms with Crippen LogP contribution in [0.15, 0.2) is 11.6 Å². The Hall–Kier alpha value is -0.340. The zero-order valence-electron chi connectivity index (χ0n) is 19.7. The minimum absolute atomic E-state index is 0.420. The lowest BCUT2D eigenvalue weighted by atomic mass is 9.45. The molecule has 0 aromatic heterocycles. The minimum atomic E-state index is -1.52. The van der Waals surface area contributed by atoms with Gasteiger partial charge in [0.1, 0.15) is 0 Å². The average molecular weight is 403 g/mol. The molecule has 166 valence electrons. The quantitative estimate of drug-likeness (QED) is 0.396. The van der Waals surface area contributed by atoms with Gasteiger partial charge in [-0.2, -0.15) is 0 Å². The highest BCUT2D eigenvalue weighted by atomic mass is 16.5. The molecule has 3 saturated carbocycles. The predicted octanol–water partition coefficient (Wildman–Crippen LogP) is 6.71. The molecule has 0 aliphatic heterocycles. The molecule has 0 radical (unpaired) electrons. The van der Waals surface area contributed by atoms with Crippen molar-refractivity contribution >= 4 is 0 Å². The predicted molar refractivity (Wildman–Crippen MR) is 120 cm³/mol. The number of allylic oxidation sites excluding steroid dienone is 1. The third kappa shape index (κ3) is 3.36. The van der Waals surface area contributed by atoms with E-state index in [0.29, 0.717) is 23.7 Å². The number of aliphatic hydroxyl groups is 2. The minimum Gasteiger partial charge on any atom is -0.365 e. The van der Waals surface area contributed by atoms with Crippen LogP contribution in [0.4, 0.5) is 0 Å². The van der Waals surface area contributed by atoms with E-state index in [0.717, 1.165) is 36.5 Å². The summed E-state index contributed by atoms with van der Waals surface area (Å²) in [5, 5.41) is 22.1. The van der Waals surface area contributed by atoms with Gasteiger partial charge in [-0.3, -0.25) is 0 Å². The van der Waals surface area contributed by atoms with Gasteiger partial charge >= 0.3 is 0 Å². The summed E-state index contributed by atoms with van der Waals surface area (Å²) in [6.45, 7) is 12.0. The Morgan fingerprint density at radius 2 is 1.76 bits per heavy atom. The normalized spacial score (nSPS) is 44.6. The summed E-state index contributed by atoms with van der Waals surface area (Å²) < 4.78 is 0. The monoisotopic (exact) mass is 402 g/mol. The van der Waals surface area contributed by atoms with Crippen molar-refractivity contribution in [1.29, 1.82) is 0 Å². The first-order valence-electron chi connectivity index (χ1n) is 12.8. The average Bonchev–Trinajstić information content (AvgIpc) is 2.99. The Kier molecular flexibility index (Phi) is 5.78. The molecule has 0 saturated heterocycles. The van der Waals surface area contributed by atoms with E-state index < -0.39 is 11.2 Å². The van der Waals surface area contributed by atoms with E-state index in [2.05, 4.69) is 40.7 Å². The second-order valence-corrected chi connectivity index (χ2v) is 12.2. The van der Waals surface area contributed by atoms with Gasteiger partial charge in [-0.15, -0.1) is 0 Å². The molecule has 0 aromatic carbocycles. The van der Waals surface area contributed by atoms with Gasteiger partial charge < -0.3 is 10.2 Å². The molecule has 0 heterocycles. The number of fused-ring (bicyclic) bond motifs is 5. The maximum absolute atomic E-state index is 11.1. The molecule has 0 spiro atoms. The van der Waals surface area contributed by atoms with Crippen LogP contribution in [0, 0.1) is 46.3 Å². The Labute approximate surface area is 179 Å². The second kappa shape index (κ2) is 7.66. The van der Waals surface area contributed by atoms with Crippen molar-refractivity contribution in [3.8, 4) is 0 Å². The fourth-order valence-electron chi connectivity index (χ4n) is 8.79. The van der Waals surface area contributed by atoms with Gasteiger partial charge in [0.2, 0.25) is 0 Å². The van der Waals surface area contributed by atoms with Crippen molar-refractivity contribution < 1.29 is 10.2 Å². The maximum atomic E-state index is 11.1. The third-order valence-electron chi connectivity index (χ3n) is 10.5. The Bertz CT molecular complexity index is 634. The molecule has 7 atom stereocenters. The Morgan fingerprint density at radius 3 is 2.48 bits per heavy atom. The third-order valence-corrected chi connectivity index (χ3v) is 10.5. The van der Waals surface area contributed by atoms with E-state index in [-0.39, 0.29) is 0 Å². The lowest BCUT2D eigenvalue weighted by Gasteiger charge is -2.61. The summed E-state index contributed by atoms with van der Waals surface area (Å²) in [6, 6.07) is 0. The summed E-state index contributed by atoms with van der Waals surface area (Å²) >= 11 is 0. The van der Waals surface area contributed by atoms with E-state index in [1.54, 1.807) is 0 Å². The summed E-state index contributed by atoms with van der Waals surface area (Å²) in [4.78, 5) is 0. The fraction of sp³-hybridized carbons (Fsp3) is 0.926. The van der Waals surface area contributed by atoms with Crippen molar-refractivity contribution in [3.63, 3.8) is 0 Å². The highest BCUT2D eigenvalue weighted by Gasteiger charge is 2.63. The van der Waals surface area contributed by atoms with E-state index in [4.69, 9.17) is 0 Å². The van der Waals surface area contributed by atoms with E-state index in [1.807, 2.05) is 0 Å². The Morgan fingerprint density at radius 1 is 1.00 bits per heavy atom. The van der Waals surface area contributed by atoms with Gasteiger partial charge in [0.25, 0.3) is 0 Å². The summed E-state index contributed by atoms with van der Waals surface area (Å²) in [6.07, 6.45) is 15.5. The van der Waals surface area contributed by atoms with Gasteiger partial charge in [0, 0.05) is 11.8 Å². The van der Waals surface area contributed by atoms with Gasteiger partial charge in [-0.05, 0) is 85.9 Å². The van der Waals surface area contributed by atoms with Crippen molar-refractivity contribution in [1.82, 2.24) is 0 Å². The first-order valence-corrected chi connectivity index (χ1v) is 12.8. The molecule has 0 aromatic rings. The number of hydrogen-bond donors (Lipinski definition) is 2. The molecule has 3 fully saturated rings. The van der Waals surface area contributed by atoms with Crippen LogP contribution >= 0.6 is 0 Å². The highest BCUT2D eigenvalue weighted by Crippen LogP contribution is 2.68. The fourth-order valence-corrected chi connectivity index (χ4v) is 8.79. The summed E-state index contributed by atoms with van der Waals surface area (Å²) in [5.74, 6) is 2.86. The zero-order chi connectivity index (χ0) is 21.0. The van der Waals surface area contributed by atoms with Gasteiger partial charge in [0.15, 0.2) is 5.79 Å². The van der Waals surface area contributed by atoms with Crippen molar-refractivity contribution in [3.05, 3.63) is 11.6 Å². The van der Waals surface area contributed by atoms with Crippen LogP contribution in [0.2, 0.25) is 0 Å². The van der Waals surface area contributed by atoms with Crippen LogP contribution in [-0.2, 0) is 0 Å². The number of hydrogen-bond acceptors (Lipinski definition) is 2. The molecule has 0 bridgehead atoms. The lowest BCUT2D eigenvalue weighted by molar-refractivity contribution is -0.269. The van der Waals surface area contributed by atoms with Crippen molar-refractivity contribution in [2.24, 2.45) is 46.3 Å². The molecule has 2 nitrogen and oxygen atoms in total. The Balaban J connectivity index is 1.54. The molecule has 2 N–H and O–H groups in total. The molecular formula is C27H46O2. The van der Waals surface area contributed by atoms with Crippen LogP contribution in [0.25, 0.3) is 0 Å². The van der Waals surface area contributed by atoms with Crippen LogP contribution in [0.3, 0.4) is 0 Å². The van der Waals surface area contributed by atoms with Crippen LogP contribution in [0.5, 0.6) is 0 Å².